The maximum Gasteiger partial charge on any atom is 0.158 e. The Balaban J connectivity index is 1.29. The Hall–Kier alpha value is -2.88. The minimum atomic E-state index is 0.544. The van der Waals surface area contributed by atoms with Crippen LogP contribution in [0.2, 0.25) is 0 Å². The molecule has 158 valence electrons. The van der Waals surface area contributed by atoms with Gasteiger partial charge in [0.25, 0.3) is 0 Å². The molecule has 0 spiro atoms. The molecule has 2 unspecified atom stereocenters. The molecule has 2 fully saturated rings. The zero-order chi connectivity index (χ0) is 20.8. The van der Waals surface area contributed by atoms with Crippen molar-refractivity contribution in [3.8, 4) is 16.9 Å². The van der Waals surface area contributed by atoms with Crippen LogP contribution in [0.1, 0.15) is 55.7 Å². The molecule has 4 heteroatoms. The third-order valence-electron chi connectivity index (χ3n) is 7.29. The Kier molecular flexibility index (Phi) is 4.66. The van der Waals surface area contributed by atoms with Crippen LogP contribution in [-0.2, 0) is 0 Å². The van der Waals surface area contributed by atoms with Gasteiger partial charge in [0.15, 0.2) is 5.65 Å². The molecule has 0 radical (unpaired) electrons. The number of hydrogen-bond acceptors (Lipinski definition) is 3. The summed E-state index contributed by atoms with van der Waals surface area (Å²) >= 11 is 0. The van der Waals surface area contributed by atoms with Crippen LogP contribution in [0.15, 0.2) is 60.5 Å². The average Bonchev–Trinajstić information content (AvgIpc) is 3.53. The molecule has 3 aromatic rings. The SMILES string of the molecule is Cc1cnn2c(C3CCCCC3)c(-c3ccc(OCC4=CC=CC5CC45)cc3)cnc12. The Morgan fingerprint density at radius 2 is 1.90 bits per heavy atom. The van der Waals surface area contributed by atoms with Crippen molar-refractivity contribution in [2.24, 2.45) is 11.8 Å². The molecule has 0 N–H and O–H groups in total. The van der Waals surface area contributed by atoms with Crippen molar-refractivity contribution in [3.63, 3.8) is 0 Å². The van der Waals surface area contributed by atoms with Gasteiger partial charge in [-0.05, 0) is 61.3 Å². The van der Waals surface area contributed by atoms with Gasteiger partial charge >= 0.3 is 0 Å². The summed E-state index contributed by atoms with van der Waals surface area (Å²) in [5, 5.41) is 4.71. The van der Waals surface area contributed by atoms with E-state index in [4.69, 9.17) is 14.8 Å². The smallest absolute Gasteiger partial charge is 0.158 e. The first-order valence-corrected chi connectivity index (χ1v) is 11.7. The van der Waals surface area contributed by atoms with Gasteiger partial charge in [-0.2, -0.15) is 5.10 Å². The maximum atomic E-state index is 6.12. The third kappa shape index (κ3) is 3.48. The van der Waals surface area contributed by atoms with Gasteiger partial charge in [-0.25, -0.2) is 9.50 Å². The van der Waals surface area contributed by atoms with Crippen molar-refractivity contribution in [1.29, 1.82) is 0 Å². The molecular weight excluding hydrogens is 382 g/mol. The van der Waals surface area contributed by atoms with Gasteiger partial charge in [-0.3, -0.25) is 0 Å². The highest BCUT2D eigenvalue weighted by molar-refractivity contribution is 5.68. The predicted molar refractivity (Wildman–Crippen MR) is 123 cm³/mol. The third-order valence-corrected chi connectivity index (χ3v) is 7.29. The quantitative estimate of drug-likeness (QED) is 0.497. The monoisotopic (exact) mass is 411 g/mol. The van der Waals surface area contributed by atoms with E-state index in [1.165, 1.54) is 60.9 Å². The molecule has 2 saturated carbocycles. The molecule has 2 heterocycles. The van der Waals surface area contributed by atoms with E-state index >= 15 is 0 Å². The molecule has 0 aliphatic heterocycles. The zero-order valence-corrected chi connectivity index (χ0v) is 18.1. The molecule has 0 saturated heterocycles. The van der Waals surface area contributed by atoms with Crippen LogP contribution < -0.4 is 4.74 Å². The highest BCUT2D eigenvalue weighted by Crippen LogP contribution is 2.47. The van der Waals surface area contributed by atoms with Crippen molar-refractivity contribution < 1.29 is 4.74 Å². The van der Waals surface area contributed by atoms with Crippen molar-refractivity contribution >= 4 is 5.65 Å². The molecule has 3 aliphatic rings. The molecule has 31 heavy (non-hydrogen) atoms. The lowest BCUT2D eigenvalue weighted by Crippen LogP contribution is -2.12. The molecule has 2 atom stereocenters. The lowest BCUT2D eigenvalue weighted by molar-refractivity contribution is 0.344. The summed E-state index contributed by atoms with van der Waals surface area (Å²) in [5.41, 5.74) is 7.27. The van der Waals surface area contributed by atoms with E-state index in [2.05, 4.69) is 60.1 Å². The summed E-state index contributed by atoms with van der Waals surface area (Å²) in [7, 11) is 0. The van der Waals surface area contributed by atoms with E-state index in [0.29, 0.717) is 12.5 Å². The molecule has 1 aromatic carbocycles. The second kappa shape index (κ2) is 7.67. The lowest BCUT2D eigenvalue weighted by atomic mass is 9.84. The van der Waals surface area contributed by atoms with Gasteiger partial charge in [0.05, 0.1) is 11.9 Å². The van der Waals surface area contributed by atoms with E-state index in [0.717, 1.165) is 28.8 Å². The minimum absolute atomic E-state index is 0.544. The number of rotatable bonds is 5. The van der Waals surface area contributed by atoms with Crippen molar-refractivity contribution in [1.82, 2.24) is 14.6 Å². The van der Waals surface area contributed by atoms with Crippen molar-refractivity contribution in [2.75, 3.05) is 6.61 Å². The second-order valence-electron chi connectivity index (χ2n) is 9.40. The fraction of sp³-hybridized carbons (Fsp3) is 0.407. The van der Waals surface area contributed by atoms with Crippen LogP contribution in [0.4, 0.5) is 0 Å². The second-order valence-corrected chi connectivity index (χ2v) is 9.40. The summed E-state index contributed by atoms with van der Waals surface area (Å²) in [6, 6.07) is 8.55. The first-order valence-electron chi connectivity index (χ1n) is 11.7. The van der Waals surface area contributed by atoms with Crippen LogP contribution in [0.3, 0.4) is 0 Å². The molecule has 4 nitrogen and oxygen atoms in total. The fourth-order valence-electron chi connectivity index (χ4n) is 5.41. The van der Waals surface area contributed by atoms with Gasteiger partial charge in [0.1, 0.15) is 12.4 Å². The standard InChI is InChI=1S/C27H29N3O/c1-18-15-29-30-26(20-6-3-2-4-7-20)25(16-28-27(18)30)19-10-12-23(13-11-19)31-17-22-9-5-8-21-14-24(21)22/h5,8-13,15-16,20-21,24H,2-4,6-7,14,17H2,1H3. The van der Waals surface area contributed by atoms with Crippen LogP contribution in [-0.4, -0.2) is 21.2 Å². The summed E-state index contributed by atoms with van der Waals surface area (Å²) in [4.78, 5) is 4.76. The summed E-state index contributed by atoms with van der Waals surface area (Å²) in [6.45, 7) is 2.78. The largest absolute Gasteiger partial charge is 0.489 e. The Bertz CT molecular complexity index is 1170. The molecular formula is C27H29N3O. The highest BCUT2D eigenvalue weighted by atomic mass is 16.5. The van der Waals surface area contributed by atoms with Crippen molar-refractivity contribution in [3.05, 3.63) is 71.7 Å². The normalized spacial score (nSPS) is 22.9. The molecule has 3 aliphatic carbocycles. The van der Waals surface area contributed by atoms with Crippen LogP contribution in [0.5, 0.6) is 5.75 Å². The number of hydrogen-bond donors (Lipinski definition) is 0. The number of allylic oxidation sites excluding steroid dienone is 3. The lowest BCUT2D eigenvalue weighted by Gasteiger charge is -2.25. The summed E-state index contributed by atoms with van der Waals surface area (Å²) in [6.07, 6.45) is 18.4. The van der Waals surface area contributed by atoms with Gasteiger partial charge in [0, 0.05) is 23.2 Å². The van der Waals surface area contributed by atoms with Crippen LogP contribution in [0.25, 0.3) is 16.8 Å². The number of aromatic nitrogens is 3. The Labute approximate surface area is 183 Å². The maximum absolute atomic E-state index is 6.12. The van der Waals surface area contributed by atoms with Gasteiger partial charge in [0.2, 0.25) is 0 Å². The Morgan fingerprint density at radius 1 is 1.06 bits per heavy atom. The first-order chi connectivity index (χ1) is 15.3. The fourth-order valence-corrected chi connectivity index (χ4v) is 5.41. The molecule has 2 aromatic heterocycles. The topological polar surface area (TPSA) is 39.4 Å². The van der Waals surface area contributed by atoms with Gasteiger partial charge in [-0.15, -0.1) is 0 Å². The zero-order valence-electron chi connectivity index (χ0n) is 18.1. The highest BCUT2D eigenvalue weighted by Gasteiger charge is 2.39. The Morgan fingerprint density at radius 3 is 2.74 bits per heavy atom. The van der Waals surface area contributed by atoms with Gasteiger partial charge < -0.3 is 4.74 Å². The van der Waals surface area contributed by atoms with E-state index in [1.54, 1.807) is 0 Å². The number of nitrogens with zero attached hydrogens (tertiary/aromatic N) is 3. The average molecular weight is 412 g/mol. The molecule has 0 amide bonds. The number of fused-ring (bicyclic) bond motifs is 2. The number of benzene rings is 1. The van der Waals surface area contributed by atoms with E-state index in [9.17, 15) is 0 Å². The van der Waals surface area contributed by atoms with E-state index in [1.807, 2.05) is 6.20 Å². The molecule has 6 rings (SSSR count). The van der Waals surface area contributed by atoms with Crippen LogP contribution in [0, 0.1) is 18.8 Å². The summed E-state index contributed by atoms with van der Waals surface area (Å²) in [5.74, 6) is 2.96. The minimum Gasteiger partial charge on any atom is -0.489 e. The predicted octanol–water partition coefficient (Wildman–Crippen LogP) is 6.26. The molecule has 0 bridgehead atoms. The summed E-state index contributed by atoms with van der Waals surface area (Å²) < 4.78 is 8.22. The number of aryl methyl sites for hydroxylation is 1. The van der Waals surface area contributed by atoms with E-state index < -0.39 is 0 Å². The van der Waals surface area contributed by atoms with E-state index in [-0.39, 0.29) is 0 Å². The first kappa shape index (κ1) is 18.9. The van der Waals surface area contributed by atoms with Crippen molar-refractivity contribution in [2.45, 2.75) is 51.4 Å². The van der Waals surface area contributed by atoms with Gasteiger partial charge in [-0.1, -0.05) is 49.6 Å². The number of ether oxygens (including phenoxy) is 1. The van der Waals surface area contributed by atoms with Crippen LogP contribution >= 0.6 is 0 Å².